The topological polar surface area (TPSA) is 3.24 Å². The van der Waals surface area contributed by atoms with E-state index >= 15 is 0 Å². The van der Waals surface area contributed by atoms with E-state index in [1.54, 1.807) is 0 Å². The summed E-state index contributed by atoms with van der Waals surface area (Å²) in [4.78, 5) is 2.40. The second-order valence-corrected chi connectivity index (χ2v) is 4.37. The van der Waals surface area contributed by atoms with E-state index in [9.17, 15) is 0 Å². The van der Waals surface area contributed by atoms with E-state index in [2.05, 4.69) is 25.8 Å². The predicted molar refractivity (Wildman–Crippen MR) is 65.8 cm³/mol. The molecule has 0 aromatic carbocycles. The predicted octanol–water partition coefficient (Wildman–Crippen LogP) is 4.08. The molecular weight excluding hydrogens is 170 g/mol. The molecule has 0 radical (unpaired) electrons. The van der Waals surface area contributed by atoms with Crippen molar-refractivity contribution < 1.29 is 0 Å². The van der Waals surface area contributed by atoms with Crippen molar-refractivity contribution in [3.63, 3.8) is 0 Å². The Morgan fingerprint density at radius 1 is 0.714 bits per heavy atom. The summed E-state index contributed by atoms with van der Waals surface area (Å²) in [5.74, 6) is 0. The van der Waals surface area contributed by atoms with Crippen LogP contribution < -0.4 is 0 Å². The van der Waals surface area contributed by atoms with Gasteiger partial charge in [-0.1, -0.05) is 58.8 Å². The van der Waals surface area contributed by atoms with Gasteiger partial charge in [-0.05, 0) is 26.6 Å². The van der Waals surface area contributed by atoms with Gasteiger partial charge >= 0.3 is 0 Å². The molecule has 0 bridgehead atoms. The third-order valence-corrected chi connectivity index (χ3v) is 2.93. The fourth-order valence-electron chi connectivity index (χ4n) is 1.67. The van der Waals surface area contributed by atoms with Crippen molar-refractivity contribution >= 4 is 0 Å². The van der Waals surface area contributed by atoms with E-state index in [-0.39, 0.29) is 0 Å². The van der Waals surface area contributed by atoms with Gasteiger partial charge in [0.1, 0.15) is 0 Å². The normalized spacial score (nSPS) is 11.1. The number of hydrogen-bond acceptors (Lipinski definition) is 1. The Balaban J connectivity index is 2.92. The van der Waals surface area contributed by atoms with Crippen molar-refractivity contribution in [3.8, 4) is 0 Å². The first-order valence-corrected chi connectivity index (χ1v) is 6.49. The van der Waals surface area contributed by atoms with Crippen LogP contribution in [0.5, 0.6) is 0 Å². The molecule has 0 heterocycles. The van der Waals surface area contributed by atoms with Crippen LogP contribution in [0.1, 0.15) is 65.2 Å². The molecule has 0 fully saturated rings. The summed E-state index contributed by atoms with van der Waals surface area (Å²) in [6.07, 6.45) is 11.4. The van der Waals surface area contributed by atoms with Gasteiger partial charge in [0, 0.05) is 0 Å². The van der Waals surface area contributed by atoms with E-state index in [1.165, 1.54) is 64.5 Å². The van der Waals surface area contributed by atoms with Crippen LogP contribution in [0.15, 0.2) is 0 Å². The monoisotopic (exact) mass is 199 g/mol. The van der Waals surface area contributed by atoms with Crippen molar-refractivity contribution in [1.82, 2.24) is 4.90 Å². The number of rotatable bonds is 10. The molecule has 0 saturated heterocycles. The highest BCUT2D eigenvalue weighted by Crippen LogP contribution is 2.08. The van der Waals surface area contributed by atoms with Crippen LogP contribution >= 0.6 is 0 Å². The smallest absolute Gasteiger partial charge is 0.00219 e. The first-order valence-electron chi connectivity index (χ1n) is 6.49. The maximum absolute atomic E-state index is 2.40. The van der Waals surface area contributed by atoms with Crippen LogP contribution in [0.3, 0.4) is 0 Å². The summed E-state index contributed by atoms with van der Waals surface area (Å²) < 4.78 is 0. The molecule has 0 aliphatic rings. The molecule has 86 valence electrons. The van der Waals surface area contributed by atoms with Gasteiger partial charge in [0.05, 0.1) is 0 Å². The minimum absolute atomic E-state index is 1.19. The van der Waals surface area contributed by atoms with Gasteiger partial charge in [-0.15, -0.1) is 0 Å². The lowest BCUT2D eigenvalue weighted by Gasteiger charge is -2.12. The Morgan fingerprint density at radius 2 is 1.21 bits per heavy atom. The highest BCUT2D eigenvalue weighted by atomic mass is 15.1. The van der Waals surface area contributed by atoms with E-state index in [4.69, 9.17) is 0 Å². The van der Waals surface area contributed by atoms with Crippen LogP contribution in [0.25, 0.3) is 0 Å². The van der Waals surface area contributed by atoms with Crippen molar-refractivity contribution in [2.24, 2.45) is 0 Å². The quantitative estimate of drug-likeness (QED) is 0.479. The summed E-state index contributed by atoms with van der Waals surface area (Å²) in [5, 5.41) is 0. The van der Waals surface area contributed by atoms with Crippen LogP contribution in [0, 0.1) is 0 Å². The molecule has 1 heteroatoms. The fraction of sp³-hybridized carbons (Fsp3) is 1.00. The average molecular weight is 199 g/mol. The van der Waals surface area contributed by atoms with Gasteiger partial charge < -0.3 is 4.90 Å². The Morgan fingerprint density at radius 3 is 1.71 bits per heavy atom. The van der Waals surface area contributed by atoms with Gasteiger partial charge in [-0.25, -0.2) is 0 Å². The summed E-state index contributed by atoms with van der Waals surface area (Å²) in [5.41, 5.74) is 0. The van der Waals surface area contributed by atoms with Gasteiger partial charge in [0.15, 0.2) is 0 Å². The Hall–Kier alpha value is -0.0400. The first kappa shape index (κ1) is 14.0. The maximum Gasteiger partial charge on any atom is -0.00219 e. The zero-order chi connectivity index (χ0) is 10.6. The van der Waals surface area contributed by atoms with Crippen molar-refractivity contribution in [3.05, 3.63) is 0 Å². The standard InChI is InChI=1S/C13H29N/c1-4-6-7-8-9-10-11-12-13-14(3)5-2/h4-13H2,1-3H3. The highest BCUT2D eigenvalue weighted by Gasteiger charge is 1.94. The second-order valence-electron chi connectivity index (χ2n) is 4.37. The molecule has 0 saturated carbocycles. The Labute approximate surface area is 90.9 Å². The third kappa shape index (κ3) is 10.0. The molecule has 0 rings (SSSR count). The van der Waals surface area contributed by atoms with Crippen molar-refractivity contribution in [2.75, 3.05) is 20.1 Å². The Bertz CT molecular complexity index is 101. The van der Waals surface area contributed by atoms with E-state index < -0.39 is 0 Å². The lowest BCUT2D eigenvalue weighted by Crippen LogP contribution is -2.18. The zero-order valence-corrected chi connectivity index (χ0v) is 10.5. The Kier molecular flexibility index (Phi) is 11.0. The molecule has 0 aromatic rings. The maximum atomic E-state index is 2.40. The largest absolute Gasteiger partial charge is 0.307 e. The van der Waals surface area contributed by atoms with Gasteiger partial charge in [0.2, 0.25) is 0 Å². The van der Waals surface area contributed by atoms with Gasteiger partial charge in [-0.3, -0.25) is 0 Å². The molecule has 0 amide bonds. The van der Waals surface area contributed by atoms with E-state index in [1.807, 2.05) is 0 Å². The fourth-order valence-corrected chi connectivity index (χ4v) is 1.67. The van der Waals surface area contributed by atoms with Crippen molar-refractivity contribution in [1.29, 1.82) is 0 Å². The summed E-state index contributed by atoms with van der Waals surface area (Å²) >= 11 is 0. The van der Waals surface area contributed by atoms with Gasteiger partial charge in [0.25, 0.3) is 0 Å². The van der Waals surface area contributed by atoms with E-state index in [0.717, 1.165) is 0 Å². The van der Waals surface area contributed by atoms with Crippen LogP contribution in [0.4, 0.5) is 0 Å². The SMILES string of the molecule is CCCCCCCCCCN(C)CC. The van der Waals surface area contributed by atoms with Gasteiger partial charge in [-0.2, -0.15) is 0 Å². The summed E-state index contributed by atoms with van der Waals surface area (Å²) in [6.45, 7) is 6.98. The summed E-state index contributed by atoms with van der Waals surface area (Å²) in [7, 11) is 2.21. The number of unbranched alkanes of at least 4 members (excludes halogenated alkanes) is 7. The first-order chi connectivity index (χ1) is 6.81. The lowest BCUT2D eigenvalue weighted by molar-refractivity contribution is 0.340. The molecule has 14 heavy (non-hydrogen) atoms. The molecule has 0 spiro atoms. The zero-order valence-electron chi connectivity index (χ0n) is 10.5. The second kappa shape index (κ2) is 11.0. The number of hydrogen-bond donors (Lipinski definition) is 0. The summed E-state index contributed by atoms with van der Waals surface area (Å²) in [6, 6.07) is 0. The highest BCUT2D eigenvalue weighted by molar-refractivity contribution is 4.50. The minimum atomic E-state index is 1.19. The molecule has 0 aliphatic carbocycles. The molecule has 0 unspecified atom stereocenters. The van der Waals surface area contributed by atoms with Crippen LogP contribution in [0.2, 0.25) is 0 Å². The molecule has 0 aliphatic heterocycles. The van der Waals surface area contributed by atoms with Crippen molar-refractivity contribution in [2.45, 2.75) is 65.2 Å². The molecule has 0 N–H and O–H groups in total. The third-order valence-electron chi connectivity index (χ3n) is 2.93. The molecule has 1 nitrogen and oxygen atoms in total. The van der Waals surface area contributed by atoms with Crippen LogP contribution in [-0.2, 0) is 0 Å². The van der Waals surface area contributed by atoms with E-state index in [0.29, 0.717) is 0 Å². The molecule has 0 aromatic heterocycles. The van der Waals surface area contributed by atoms with Crippen LogP contribution in [-0.4, -0.2) is 25.0 Å². The molecular formula is C13H29N. The number of nitrogens with zero attached hydrogens (tertiary/aromatic N) is 1. The minimum Gasteiger partial charge on any atom is -0.307 e. The average Bonchev–Trinajstić information content (AvgIpc) is 2.21. The lowest BCUT2D eigenvalue weighted by atomic mass is 10.1. The molecule has 0 atom stereocenters.